The van der Waals surface area contributed by atoms with Gasteiger partial charge >= 0.3 is 0 Å². The molecule has 4 heteroatoms. The quantitative estimate of drug-likeness (QED) is 0.821. The van der Waals surface area contributed by atoms with Gasteiger partial charge in [-0.25, -0.2) is 0 Å². The van der Waals surface area contributed by atoms with Gasteiger partial charge in [0.15, 0.2) is 0 Å². The van der Waals surface area contributed by atoms with E-state index in [4.69, 9.17) is 4.42 Å². The Hall–Kier alpha value is -0.710. The molecule has 0 radical (unpaired) electrons. The van der Waals surface area contributed by atoms with Crippen LogP contribution in [0.4, 0.5) is 0 Å². The molecule has 96 valence electrons. The molecule has 2 aromatic rings. The smallest absolute Gasteiger partial charge is 0.139 e. The van der Waals surface area contributed by atoms with Gasteiger partial charge in [0.25, 0.3) is 0 Å². The fourth-order valence-electron chi connectivity index (χ4n) is 1.88. The van der Waals surface area contributed by atoms with Crippen LogP contribution in [0.3, 0.4) is 0 Å². The van der Waals surface area contributed by atoms with Crippen molar-refractivity contribution in [2.24, 2.45) is 0 Å². The Kier molecular flexibility index (Phi) is 4.92. The Morgan fingerprint density at radius 2 is 2.00 bits per heavy atom. The third-order valence-electron chi connectivity index (χ3n) is 2.72. The topological polar surface area (TPSA) is 25.2 Å². The number of halogens is 1. The summed E-state index contributed by atoms with van der Waals surface area (Å²) in [6, 6.07) is 10.6. The minimum absolute atomic E-state index is 0.0788. The summed E-state index contributed by atoms with van der Waals surface area (Å²) in [5, 5.41) is 3.28. The molecule has 0 saturated carbocycles. The Bertz CT molecular complexity index is 495. The first-order chi connectivity index (χ1) is 8.76. The predicted octanol–water partition coefficient (Wildman–Crippen LogP) is 4.46. The lowest BCUT2D eigenvalue weighted by Gasteiger charge is -2.15. The van der Waals surface area contributed by atoms with Gasteiger partial charge in [-0.3, -0.25) is 0 Å². The van der Waals surface area contributed by atoms with Crippen LogP contribution < -0.4 is 5.32 Å². The van der Waals surface area contributed by atoms with Crippen LogP contribution in [-0.4, -0.2) is 12.8 Å². The highest BCUT2D eigenvalue weighted by atomic mass is 79.9. The van der Waals surface area contributed by atoms with Crippen LogP contribution in [0.15, 0.2) is 50.4 Å². The summed E-state index contributed by atoms with van der Waals surface area (Å²) in [7, 11) is 1.94. The summed E-state index contributed by atoms with van der Waals surface area (Å²) in [5.74, 6) is 2.01. The molecule has 2 rings (SSSR count). The second-order valence-corrected chi connectivity index (χ2v) is 6.05. The second kappa shape index (κ2) is 6.45. The van der Waals surface area contributed by atoms with Crippen LogP contribution in [0, 0.1) is 0 Å². The lowest BCUT2D eigenvalue weighted by Crippen LogP contribution is -2.17. The number of thioether (sulfide) groups is 1. The van der Waals surface area contributed by atoms with Crippen LogP contribution in [0.25, 0.3) is 0 Å². The molecule has 1 N–H and O–H groups in total. The summed E-state index contributed by atoms with van der Waals surface area (Å²) < 4.78 is 6.53. The molecule has 0 saturated heterocycles. The first-order valence-electron chi connectivity index (χ1n) is 5.89. The number of nitrogens with one attached hydrogen (secondary N) is 1. The van der Waals surface area contributed by atoms with Crippen LogP contribution in [0.5, 0.6) is 0 Å². The maximum atomic E-state index is 5.53. The normalized spacial score (nSPS) is 12.6. The zero-order valence-corrected chi connectivity index (χ0v) is 12.8. The number of benzene rings is 1. The first kappa shape index (κ1) is 13.7. The summed E-state index contributed by atoms with van der Waals surface area (Å²) in [5.41, 5.74) is 1.20. The molecular weight excluding hydrogens is 310 g/mol. The molecule has 0 aliphatic heterocycles. The standard InChI is InChI=1S/C14H16BrNOS/c1-3-18-11-6-4-10(5-7-11)13(16-2)14-12(15)8-9-17-14/h4-9,13,16H,3H2,1-2H3. The van der Waals surface area contributed by atoms with E-state index >= 15 is 0 Å². The average Bonchev–Trinajstić information content (AvgIpc) is 2.79. The van der Waals surface area contributed by atoms with E-state index < -0.39 is 0 Å². The highest BCUT2D eigenvalue weighted by molar-refractivity contribution is 9.10. The SMILES string of the molecule is CCSc1ccc(C(NC)c2occc2Br)cc1. The van der Waals surface area contributed by atoms with Gasteiger partial charge in [0.05, 0.1) is 16.8 Å². The van der Waals surface area contributed by atoms with Crippen molar-refractivity contribution in [2.75, 3.05) is 12.8 Å². The molecule has 0 aliphatic rings. The van der Waals surface area contributed by atoms with E-state index in [9.17, 15) is 0 Å². The van der Waals surface area contributed by atoms with E-state index in [-0.39, 0.29) is 6.04 Å². The maximum Gasteiger partial charge on any atom is 0.139 e. The van der Waals surface area contributed by atoms with Crippen LogP contribution in [-0.2, 0) is 0 Å². The molecule has 1 unspecified atom stereocenters. The fraction of sp³-hybridized carbons (Fsp3) is 0.286. The van der Waals surface area contributed by atoms with Gasteiger partial charge in [-0.15, -0.1) is 11.8 Å². The van der Waals surface area contributed by atoms with Crippen LogP contribution in [0.1, 0.15) is 24.3 Å². The Morgan fingerprint density at radius 1 is 1.28 bits per heavy atom. The van der Waals surface area contributed by atoms with Crippen molar-refractivity contribution in [3.05, 3.63) is 52.4 Å². The zero-order valence-electron chi connectivity index (χ0n) is 10.4. The first-order valence-corrected chi connectivity index (χ1v) is 7.67. The largest absolute Gasteiger partial charge is 0.466 e. The number of furan rings is 1. The van der Waals surface area contributed by atoms with Gasteiger partial charge < -0.3 is 9.73 Å². The van der Waals surface area contributed by atoms with Gasteiger partial charge in [-0.2, -0.15) is 0 Å². The maximum absolute atomic E-state index is 5.53. The fourth-order valence-corrected chi connectivity index (χ4v) is 2.98. The minimum Gasteiger partial charge on any atom is -0.466 e. The third kappa shape index (κ3) is 2.99. The average molecular weight is 326 g/mol. The summed E-state index contributed by atoms with van der Waals surface area (Å²) >= 11 is 5.36. The molecule has 1 heterocycles. The van der Waals surface area contributed by atoms with Crippen molar-refractivity contribution in [1.82, 2.24) is 5.32 Å². The van der Waals surface area contributed by atoms with E-state index in [1.165, 1.54) is 10.5 Å². The molecule has 1 aromatic carbocycles. The molecule has 1 atom stereocenters. The lowest BCUT2D eigenvalue weighted by molar-refractivity contribution is 0.461. The highest BCUT2D eigenvalue weighted by Gasteiger charge is 2.17. The van der Waals surface area contributed by atoms with E-state index in [0.29, 0.717) is 0 Å². The molecule has 18 heavy (non-hydrogen) atoms. The van der Waals surface area contributed by atoms with Gasteiger partial charge in [0.1, 0.15) is 5.76 Å². The van der Waals surface area contributed by atoms with Gasteiger partial charge in [-0.1, -0.05) is 19.1 Å². The van der Waals surface area contributed by atoms with Crippen molar-refractivity contribution in [1.29, 1.82) is 0 Å². The van der Waals surface area contributed by atoms with E-state index in [1.54, 1.807) is 6.26 Å². The molecule has 0 bridgehead atoms. The molecule has 1 aromatic heterocycles. The number of rotatable bonds is 5. The summed E-state index contributed by atoms with van der Waals surface area (Å²) in [6.45, 7) is 2.16. The Labute approximate surface area is 120 Å². The lowest BCUT2D eigenvalue weighted by atomic mass is 10.1. The molecule has 0 amide bonds. The molecule has 0 aliphatic carbocycles. The highest BCUT2D eigenvalue weighted by Crippen LogP contribution is 2.30. The van der Waals surface area contributed by atoms with Gasteiger partial charge in [-0.05, 0) is 52.5 Å². The monoisotopic (exact) mass is 325 g/mol. The Balaban J connectivity index is 2.25. The molecule has 0 fully saturated rings. The molecule has 2 nitrogen and oxygen atoms in total. The predicted molar refractivity (Wildman–Crippen MR) is 80.2 cm³/mol. The van der Waals surface area contributed by atoms with Crippen molar-refractivity contribution in [3.63, 3.8) is 0 Å². The van der Waals surface area contributed by atoms with Crippen molar-refractivity contribution < 1.29 is 4.42 Å². The van der Waals surface area contributed by atoms with Crippen LogP contribution >= 0.6 is 27.7 Å². The van der Waals surface area contributed by atoms with Gasteiger partial charge in [0.2, 0.25) is 0 Å². The Morgan fingerprint density at radius 3 is 2.50 bits per heavy atom. The van der Waals surface area contributed by atoms with E-state index in [0.717, 1.165) is 16.0 Å². The summed E-state index contributed by atoms with van der Waals surface area (Å²) in [6.07, 6.45) is 1.70. The van der Waals surface area contributed by atoms with E-state index in [1.807, 2.05) is 24.9 Å². The zero-order chi connectivity index (χ0) is 13.0. The van der Waals surface area contributed by atoms with Crippen LogP contribution in [0.2, 0.25) is 0 Å². The minimum atomic E-state index is 0.0788. The van der Waals surface area contributed by atoms with Crippen molar-refractivity contribution in [2.45, 2.75) is 17.9 Å². The second-order valence-electron chi connectivity index (χ2n) is 3.86. The van der Waals surface area contributed by atoms with Crippen molar-refractivity contribution in [3.8, 4) is 0 Å². The summed E-state index contributed by atoms with van der Waals surface area (Å²) in [4.78, 5) is 1.30. The van der Waals surface area contributed by atoms with Gasteiger partial charge in [0, 0.05) is 4.90 Å². The molecular formula is C14H16BrNOS. The third-order valence-corrected chi connectivity index (χ3v) is 4.27. The number of hydrogen-bond acceptors (Lipinski definition) is 3. The van der Waals surface area contributed by atoms with Crippen molar-refractivity contribution >= 4 is 27.7 Å². The molecule has 0 spiro atoms. The van der Waals surface area contributed by atoms with E-state index in [2.05, 4.69) is 52.4 Å². The number of hydrogen-bond donors (Lipinski definition) is 1.